The van der Waals surface area contributed by atoms with E-state index in [2.05, 4.69) is 115 Å². The summed E-state index contributed by atoms with van der Waals surface area (Å²) in [6, 6.07) is 25.3. The van der Waals surface area contributed by atoms with Gasteiger partial charge in [-0.25, -0.2) is 0 Å². The molecule has 1 aliphatic carbocycles. The highest BCUT2D eigenvalue weighted by atomic mass is 16.3. The highest BCUT2D eigenvalue weighted by Gasteiger charge is 2.41. The van der Waals surface area contributed by atoms with Gasteiger partial charge in [0.15, 0.2) is 0 Å². The fourth-order valence-electron chi connectivity index (χ4n) is 4.24. The summed E-state index contributed by atoms with van der Waals surface area (Å²) >= 11 is 0. The maximum atomic E-state index is 11.4. The van der Waals surface area contributed by atoms with E-state index in [0.717, 1.165) is 17.0 Å². The number of hydrogen-bond acceptors (Lipinski definition) is 1. The molecule has 0 amide bonds. The van der Waals surface area contributed by atoms with Crippen molar-refractivity contribution >= 4 is 0 Å². The van der Waals surface area contributed by atoms with Gasteiger partial charge in [0.25, 0.3) is 0 Å². The number of phenols is 1. The first kappa shape index (κ1) is 22.6. The van der Waals surface area contributed by atoms with Crippen LogP contribution in [0.4, 0.5) is 0 Å². The molecule has 4 rings (SSSR count). The lowest BCUT2D eigenvalue weighted by Crippen LogP contribution is -2.18. The van der Waals surface area contributed by atoms with Crippen molar-refractivity contribution in [2.75, 3.05) is 0 Å². The molecule has 0 atom stereocenters. The van der Waals surface area contributed by atoms with Gasteiger partial charge in [-0.2, -0.15) is 0 Å². The lowest BCUT2D eigenvalue weighted by Gasteiger charge is -2.28. The van der Waals surface area contributed by atoms with Crippen molar-refractivity contribution in [3.8, 4) is 5.75 Å². The maximum absolute atomic E-state index is 11.4. The lowest BCUT2D eigenvalue weighted by molar-refractivity contribution is 0.440. The Labute approximate surface area is 194 Å². The second-order valence-electron chi connectivity index (χ2n) is 10.7. The van der Waals surface area contributed by atoms with Crippen molar-refractivity contribution < 1.29 is 5.11 Å². The summed E-state index contributed by atoms with van der Waals surface area (Å²) in [5.74, 6) is 3.81. The van der Waals surface area contributed by atoms with Crippen LogP contribution in [-0.2, 0) is 10.8 Å². The topological polar surface area (TPSA) is 20.2 Å². The largest absolute Gasteiger partial charge is 0.507 e. The zero-order valence-corrected chi connectivity index (χ0v) is 20.0. The predicted octanol–water partition coefficient (Wildman–Crippen LogP) is 7.58. The SMILES string of the molecule is CC(C)(C)c1cc([C]2[CH][C](c3ccccc3)[C](c3ccccc3)[CH]2)c(O)c(C(C)(C)C)c1. The van der Waals surface area contributed by atoms with Crippen LogP contribution in [0.25, 0.3) is 0 Å². The van der Waals surface area contributed by atoms with Gasteiger partial charge >= 0.3 is 0 Å². The molecule has 0 unspecified atom stereocenters. The summed E-state index contributed by atoms with van der Waals surface area (Å²) in [6.07, 6.45) is 4.46. The van der Waals surface area contributed by atoms with Crippen molar-refractivity contribution in [3.63, 3.8) is 0 Å². The first-order valence-corrected chi connectivity index (χ1v) is 11.4. The molecule has 32 heavy (non-hydrogen) atoms. The molecular formula is C31H33O. The van der Waals surface area contributed by atoms with Gasteiger partial charge in [-0.1, -0.05) is 114 Å². The summed E-state index contributed by atoms with van der Waals surface area (Å²) < 4.78 is 0. The van der Waals surface area contributed by atoms with Gasteiger partial charge in [0.05, 0.1) is 0 Å². The standard InChI is InChI=1S/C31H33O/c1-30(2,3)24-19-27(29(32)28(20-24)31(4,5)6)23-17-25(21-13-9-7-10-14-21)26(18-23)22-15-11-8-12-16-22/h7-20,32H,1-6H3. The van der Waals surface area contributed by atoms with Crippen LogP contribution in [-0.4, -0.2) is 5.11 Å². The van der Waals surface area contributed by atoms with Gasteiger partial charge in [-0.15, -0.1) is 0 Å². The Morgan fingerprint density at radius 3 is 1.47 bits per heavy atom. The Hall–Kier alpha value is -2.54. The molecule has 0 aromatic heterocycles. The summed E-state index contributed by atoms with van der Waals surface area (Å²) in [4.78, 5) is 0. The number of phenolic OH excluding ortho intramolecular Hbond substituents is 1. The van der Waals surface area contributed by atoms with E-state index < -0.39 is 0 Å². The Balaban J connectivity index is 1.81. The zero-order chi connectivity index (χ0) is 23.1. The maximum Gasteiger partial charge on any atom is 0.123 e. The molecule has 1 aliphatic rings. The van der Waals surface area contributed by atoms with E-state index in [1.807, 2.05) is 12.1 Å². The molecular weight excluding hydrogens is 388 g/mol. The molecule has 3 aromatic rings. The van der Waals surface area contributed by atoms with E-state index >= 15 is 0 Å². The number of aromatic hydroxyl groups is 1. The second-order valence-corrected chi connectivity index (χ2v) is 10.7. The number of hydrogen-bond donors (Lipinski definition) is 1. The molecule has 1 nitrogen and oxygen atoms in total. The molecule has 0 saturated heterocycles. The van der Waals surface area contributed by atoms with Crippen LogP contribution in [0.2, 0.25) is 0 Å². The first-order chi connectivity index (χ1) is 15.1. The Kier molecular flexibility index (Phi) is 5.96. The van der Waals surface area contributed by atoms with Gasteiger partial charge in [0.2, 0.25) is 0 Å². The average molecular weight is 422 g/mol. The third-order valence-electron chi connectivity index (χ3n) is 6.15. The number of rotatable bonds is 3. The Morgan fingerprint density at radius 1 is 0.594 bits per heavy atom. The van der Waals surface area contributed by atoms with Crippen molar-refractivity contribution in [1.29, 1.82) is 0 Å². The normalized spacial score (nSPS) is 16.6. The molecule has 1 N–H and O–H groups in total. The van der Waals surface area contributed by atoms with Crippen LogP contribution in [0.3, 0.4) is 0 Å². The van der Waals surface area contributed by atoms with E-state index in [1.54, 1.807) is 0 Å². The van der Waals surface area contributed by atoms with Gasteiger partial charge in [0, 0.05) is 23.3 Å². The molecule has 0 spiro atoms. The Bertz CT molecular complexity index is 1000. The summed E-state index contributed by atoms with van der Waals surface area (Å²) in [7, 11) is 0. The van der Waals surface area contributed by atoms with Crippen molar-refractivity contribution in [2.24, 2.45) is 0 Å². The second kappa shape index (κ2) is 8.43. The fraction of sp³-hybridized carbons (Fsp3) is 0.258. The van der Waals surface area contributed by atoms with E-state index in [1.165, 1.54) is 28.5 Å². The van der Waals surface area contributed by atoms with Crippen molar-refractivity contribution in [3.05, 3.63) is 131 Å². The molecule has 0 aliphatic heterocycles. The summed E-state index contributed by atoms with van der Waals surface area (Å²) in [5, 5.41) is 11.4. The van der Waals surface area contributed by atoms with Crippen LogP contribution < -0.4 is 0 Å². The number of benzene rings is 3. The van der Waals surface area contributed by atoms with Gasteiger partial charge in [-0.05, 0) is 45.9 Å². The van der Waals surface area contributed by atoms with Gasteiger partial charge < -0.3 is 5.11 Å². The van der Waals surface area contributed by atoms with E-state index in [9.17, 15) is 5.11 Å². The third kappa shape index (κ3) is 4.49. The molecule has 1 fully saturated rings. The van der Waals surface area contributed by atoms with E-state index in [4.69, 9.17) is 0 Å². The minimum absolute atomic E-state index is 0.0143. The molecule has 5 radical (unpaired) electrons. The molecule has 1 heteroatoms. The van der Waals surface area contributed by atoms with E-state index in [0.29, 0.717) is 5.75 Å². The molecule has 0 heterocycles. The van der Waals surface area contributed by atoms with Gasteiger partial charge in [-0.3, -0.25) is 0 Å². The summed E-state index contributed by atoms with van der Waals surface area (Å²) in [6.45, 7) is 13.2. The van der Waals surface area contributed by atoms with Crippen molar-refractivity contribution in [2.45, 2.75) is 52.4 Å². The zero-order valence-electron chi connectivity index (χ0n) is 20.0. The van der Waals surface area contributed by atoms with Crippen LogP contribution in [0, 0.1) is 30.6 Å². The van der Waals surface area contributed by atoms with Crippen LogP contribution >= 0.6 is 0 Å². The smallest absolute Gasteiger partial charge is 0.123 e. The quantitative estimate of drug-likeness (QED) is 0.462. The molecule has 163 valence electrons. The molecule has 1 saturated carbocycles. The minimum atomic E-state index is -0.156. The minimum Gasteiger partial charge on any atom is -0.507 e. The van der Waals surface area contributed by atoms with E-state index in [-0.39, 0.29) is 10.8 Å². The highest BCUT2D eigenvalue weighted by Crippen LogP contribution is 2.52. The highest BCUT2D eigenvalue weighted by molar-refractivity contribution is 5.72. The fourth-order valence-corrected chi connectivity index (χ4v) is 4.24. The Morgan fingerprint density at radius 2 is 1.06 bits per heavy atom. The monoisotopic (exact) mass is 421 g/mol. The summed E-state index contributed by atoms with van der Waals surface area (Å²) in [5.41, 5.74) is 5.32. The third-order valence-corrected chi connectivity index (χ3v) is 6.15. The van der Waals surface area contributed by atoms with Crippen molar-refractivity contribution in [1.82, 2.24) is 0 Å². The predicted molar refractivity (Wildman–Crippen MR) is 134 cm³/mol. The van der Waals surface area contributed by atoms with Gasteiger partial charge in [0.1, 0.15) is 5.75 Å². The van der Waals surface area contributed by atoms with Crippen LogP contribution in [0.5, 0.6) is 5.75 Å². The average Bonchev–Trinajstić information content (AvgIpc) is 3.19. The molecule has 3 aromatic carbocycles. The van der Waals surface area contributed by atoms with Crippen LogP contribution in [0.15, 0.2) is 72.8 Å². The first-order valence-electron chi connectivity index (χ1n) is 11.4. The lowest BCUT2D eigenvalue weighted by atomic mass is 9.77. The van der Waals surface area contributed by atoms with Crippen LogP contribution in [0.1, 0.15) is 69.4 Å². The molecule has 0 bridgehead atoms.